The van der Waals surface area contributed by atoms with E-state index in [0.717, 1.165) is 0 Å². The number of aliphatic hydroxyl groups is 1. The third-order valence-corrected chi connectivity index (χ3v) is 2.50. The van der Waals surface area contributed by atoms with E-state index in [-0.39, 0.29) is 12.4 Å². The van der Waals surface area contributed by atoms with Crippen LogP contribution in [-0.4, -0.2) is 24.4 Å². The lowest BCUT2D eigenvalue weighted by molar-refractivity contribution is 0.0282. The monoisotopic (exact) mass is 265 g/mol. The van der Waals surface area contributed by atoms with Crippen LogP contribution in [0.15, 0.2) is 47.1 Å². The van der Waals surface area contributed by atoms with Crippen molar-refractivity contribution < 1.29 is 18.7 Å². The van der Waals surface area contributed by atoms with Crippen molar-refractivity contribution in [2.75, 3.05) is 18.5 Å². The van der Waals surface area contributed by atoms with Crippen LogP contribution in [0, 0.1) is 5.82 Å². The Morgan fingerprint density at radius 3 is 2.95 bits per heavy atom. The molecule has 19 heavy (non-hydrogen) atoms. The molecule has 0 aliphatic rings. The molecule has 0 aliphatic heterocycles. The van der Waals surface area contributed by atoms with Crippen LogP contribution in [0.4, 0.5) is 10.1 Å². The fraction of sp³-hybridized carbons (Fsp3) is 0.286. The molecule has 1 heterocycles. The number of nitrogens with one attached hydrogen (secondary N) is 1. The molecule has 1 aromatic heterocycles. The van der Waals surface area contributed by atoms with Crippen molar-refractivity contribution in [3.05, 3.63) is 54.2 Å². The van der Waals surface area contributed by atoms with Gasteiger partial charge in [0.05, 0.1) is 19.0 Å². The number of halogens is 1. The van der Waals surface area contributed by atoms with Gasteiger partial charge in [-0.3, -0.25) is 0 Å². The van der Waals surface area contributed by atoms with E-state index in [2.05, 4.69) is 5.32 Å². The Morgan fingerprint density at radius 2 is 2.21 bits per heavy atom. The first kappa shape index (κ1) is 13.6. The van der Waals surface area contributed by atoms with Gasteiger partial charge < -0.3 is 19.6 Å². The predicted molar refractivity (Wildman–Crippen MR) is 69.3 cm³/mol. The summed E-state index contributed by atoms with van der Waals surface area (Å²) in [5.41, 5.74) is 0.630. The van der Waals surface area contributed by atoms with Crippen LogP contribution >= 0.6 is 0 Å². The molecule has 0 aliphatic carbocycles. The Balaban J connectivity index is 1.65. The van der Waals surface area contributed by atoms with Crippen LogP contribution in [0.1, 0.15) is 5.76 Å². The molecule has 0 saturated carbocycles. The zero-order chi connectivity index (χ0) is 13.5. The van der Waals surface area contributed by atoms with Gasteiger partial charge in [0.15, 0.2) is 0 Å². The van der Waals surface area contributed by atoms with Gasteiger partial charge in [-0.05, 0) is 30.3 Å². The number of hydrogen-bond acceptors (Lipinski definition) is 4. The van der Waals surface area contributed by atoms with E-state index in [4.69, 9.17) is 9.15 Å². The topological polar surface area (TPSA) is 54.6 Å². The van der Waals surface area contributed by atoms with Crippen LogP contribution < -0.4 is 5.32 Å². The van der Waals surface area contributed by atoms with Gasteiger partial charge in [-0.25, -0.2) is 4.39 Å². The summed E-state index contributed by atoms with van der Waals surface area (Å²) < 4.78 is 23.3. The van der Waals surface area contributed by atoms with Crippen molar-refractivity contribution in [3.8, 4) is 0 Å². The Bertz CT molecular complexity index is 487. The number of anilines is 1. The number of furan rings is 1. The molecule has 0 amide bonds. The number of ether oxygens (including phenoxy) is 1. The highest BCUT2D eigenvalue weighted by atomic mass is 19.1. The minimum absolute atomic E-state index is 0.184. The van der Waals surface area contributed by atoms with E-state index in [1.807, 2.05) is 0 Å². The summed E-state index contributed by atoms with van der Waals surface area (Å²) in [4.78, 5) is 0. The van der Waals surface area contributed by atoms with Gasteiger partial charge in [-0.2, -0.15) is 0 Å². The molecule has 2 aromatic rings. The third kappa shape index (κ3) is 4.73. The summed E-state index contributed by atoms with van der Waals surface area (Å²) in [6, 6.07) is 9.67. The number of aliphatic hydroxyl groups excluding tert-OH is 1. The Kier molecular flexibility index (Phi) is 4.94. The number of rotatable bonds is 7. The fourth-order valence-electron chi connectivity index (χ4n) is 1.58. The molecule has 0 saturated heterocycles. The molecule has 1 unspecified atom stereocenters. The van der Waals surface area contributed by atoms with Gasteiger partial charge in [0.25, 0.3) is 0 Å². The van der Waals surface area contributed by atoms with Crippen molar-refractivity contribution in [1.82, 2.24) is 0 Å². The Labute approximate surface area is 110 Å². The third-order valence-electron chi connectivity index (χ3n) is 2.50. The summed E-state index contributed by atoms with van der Waals surface area (Å²) in [6.07, 6.45) is 0.902. The largest absolute Gasteiger partial charge is 0.467 e. The molecule has 1 aromatic carbocycles. The second kappa shape index (κ2) is 6.92. The summed E-state index contributed by atoms with van der Waals surface area (Å²) in [6.45, 7) is 0.800. The summed E-state index contributed by atoms with van der Waals surface area (Å²) >= 11 is 0. The average molecular weight is 265 g/mol. The minimum atomic E-state index is -0.668. The van der Waals surface area contributed by atoms with Crippen LogP contribution in [0.3, 0.4) is 0 Å². The summed E-state index contributed by atoms with van der Waals surface area (Å²) in [7, 11) is 0. The lowest BCUT2D eigenvalue weighted by atomic mass is 10.3. The summed E-state index contributed by atoms with van der Waals surface area (Å²) in [5.74, 6) is 0.402. The first-order valence-corrected chi connectivity index (χ1v) is 6.01. The van der Waals surface area contributed by atoms with Crippen LogP contribution in [0.25, 0.3) is 0 Å². The fourth-order valence-corrected chi connectivity index (χ4v) is 1.58. The number of benzene rings is 1. The molecular weight excluding hydrogens is 249 g/mol. The Hall–Kier alpha value is -1.85. The van der Waals surface area contributed by atoms with Crippen LogP contribution in [-0.2, 0) is 11.3 Å². The highest BCUT2D eigenvalue weighted by molar-refractivity contribution is 5.43. The predicted octanol–water partition coefficient (Wildman–Crippen LogP) is 2.41. The molecule has 1 atom stereocenters. The SMILES string of the molecule is OC(CNc1cccc(F)c1)COCc1ccco1. The number of hydrogen-bond donors (Lipinski definition) is 2. The average Bonchev–Trinajstić information content (AvgIpc) is 2.90. The van der Waals surface area contributed by atoms with E-state index in [1.165, 1.54) is 12.1 Å². The lowest BCUT2D eigenvalue weighted by Crippen LogP contribution is -2.24. The maximum Gasteiger partial charge on any atom is 0.129 e. The summed E-state index contributed by atoms with van der Waals surface area (Å²) in [5, 5.41) is 12.6. The lowest BCUT2D eigenvalue weighted by Gasteiger charge is -2.12. The van der Waals surface area contributed by atoms with Crippen LogP contribution in [0.2, 0.25) is 0 Å². The Morgan fingerprint density at radius 1 is 1.32 bits per heavy atom. The highest BCUT2D eigenvalue weighted by Crippen LogP contribution is 2.09. The molecule has 0 fully saturated rings. The van der Waals surface area contributed by atoms with Gasteiger partial charge in [-0.15, -0.1) is 0 Å². The van der Waals surface area contributed by atoms with E-state index in [0.29, 0.717) is 24.6 Å². The molecule has 5 heteroatoms. The quantitative estimate of drug-likeness (QED) is 0.807. The van der Waals surface area contributed by atoms with Crippen LogP contribution in [0.5, 0.6) is 0 Å². The molecule has 102 valence electrons. The van der Waals surface area contributed by atoms with Crippen molar-refractivity contribution in [1.29, 1.82) is 0 Å². The zero-order valence-electron chi connectivity index (χ0n) is 10.4. The van der Waals surface area contributed by atoms with Gasteiger partial charge in [0.2, 0.25) is 0 Å². The zero-order valence-corrected chi connectivity index (χ0v) is 10.4. The highest BCUT2D eigenvalue weighted by Gasteiger charge is 2.05. The molecule has 4 nitrogen and oxygen atoms in total. The van der Waals surface area contributed by atoms with Gasteiger partial charge in [0, 0.05) is 12.2 Å². The first-order valence-electron chi connectivity index (χ1n) is 6.01. The maximum atomic E-state index is 12.9. The van der Waals surface area contributed by atoms with Gasteiger partial charge in [0.1, 0.15) is 18.2 Å². The van der Waals surface area contributed by atoms with E-state index in [9.17, 15) is 9.50 Å². The normalized spacial score (nSPS) is 12.3. The standard InChI is InChI=1S/C14H16FNO3/c15-11-3-1-4-12(7-11)16-8-13(17)9-18-10-14-5-2-6-19-14/h1-7,13,16-17H,8-10H2. The van der Waals surface area contributed by atoms with Gasteiger partial charge >= 0.3 is 0 Å². The molecule has 2 N–H and O–H groups in total. The smallest absolute Gasteiger partial charge is 0.129 e. The molecule has 2 rings (SSSR count). The first-order chi connectivity index (χ1) is 9.24. The molecule has 0 bridgehead atoms. The molecule has 0 radical (unpaired) electrons. The molecular formula is C14H16FNO3. The second-order valence-electron chi connectivity index (χ2n) is 4.14. The van der Waals surface area contributed by atoms with Crippen molar-refractivity contribution >= 4 is 5.69 Å². The second-order valence-corrected chi connectivity index (χ2v) is 4.14. The van der Waals surface area contributed by atoms with Crippen molar-refractivity contribution in [2.24, 2.45) is 0 Å². The van der Waals surface area contributed by atoms with Gasteiger partial charge in [-0.1, -0.05) is 6.07 Å². The maximum absolute atomic E-state index is 12.9. The minimum Gasteiger partial charge on any atom is -0.467 e. The van der Waals surface area contributed by atoms with E-state index >= 15 is 0 Å². The molecule has 0 spiro atoms. The van der Waals surface area contributed by atoms with E-state index in [1.54, 1.807) is 30.5 Å². The van der Waals surface area contributed by atoms with E-state index < -0.39 is 6.10 Å². The van der Waals surface area contributed by atoms with Crippen molar-refractivity contribution in [2.45, 2.75) is 12.7 Å². The van der Waals surface area contributed by atoms with Crippen molar-refractivity contribution in [3.63, 3.8) is 0 Å².